The maximum atomic E-state index is 10.2. The number of hydrogen-bond acceptors (Lipinski definition) is 2. The van der Waals surface area contributed by atoms with Gasteiger partial charge in [0.25, 0.3) is 0 Å². The van der Waals surface area contributed by atoms with E-state index < -0.39 is 5.60 Å². The van der Waals surface area contributed by atoms with Gasteiger partial charge in [-0.2, -0.15) is 5.26 Å². The number of nitrogens with zero attached hydrogens (tertiary/aromatic N) is 1. The second kappa shape index (κ2) is 2.37. The zero-order chi connectivity index (χ0) is 9.76. The molecular weight excluding hydrogens is 174 g/mol. The van der Waals surface area contributed by atoms with E-state index in [0.29, 0.717) is 6.42 Å². The summed E-state index contributed by atoms with van der Waals surface area (Å²) < 4.78 is 0. The highest BCUT2D eigenvalue weighted by Gasteiger charge is 2.57. The third kappa shape index (κ3) is 0.784. The van der Waals surface area contributed by atoms with E-state index >= 15 is 0 Å². The number of nitriles is 1. The molecule has 0 heterocycles. The molecule has 3 rings (SSSR count). The molecule has 1 fully saturated rings. The van der Waals surface area contributed by atoms with Gasteiger partial charge in [0.05, 0.1) is 17.6 Å². The molecule has 70 valence electrons. The summed E-state index contributed by atoms with van der Waals surface area (Å²) in [5.41, 5.74) is 1.80. The highest BCUT2D eigenvalue weighted by atomic mass is 16.3. The first-order valence-electron chi connectivity index (χ1n) is 4.94. The average Bonchev–Trinajstić information content (AvgIpc) is 2.38. The Morgan fingerprint density at radius 2 is 2.21 bits per heavy atom. The lowest BCUT2D eigenvalue weighted by atomic mass is 9.62. The summed E-state index contributed by atoms with van der Waals surface area (Å²) >= 11 is 0. The number of benzene rings is 1. The summed E-state index contributed by atoms with van der Waals surface area (Å²) in [4.78, 5) is 0. The van der Waals surface area contributed by atoms with E-state index in [1.807, 2.05) is 18.2 Å². The van der Waals surface area contributed by atoms with Crippen LogP contribution in [0.3, 0.4) is 0 Å². The highest BCUT2D eigenvalue weighted by molar-refractivity contribution is 5.45. The smallest absolute Gasteiger partial charge is 0.0781 e. The molecule has 0 unspecified atom stereocenters. The maximum Gasteiger partial charge on any atom is 0.0781 e. The Balaban J connectivity index is 2.10. The van der Waals surface area contributed by atoms with E-state index in [1.54, 1.807) is 0 Å². The largest absolute Gasteiger partial charge is 0.389 e. The summed E-state index contributed by atoms with van der Waals surface area (Å²) in [6.07, 6.45) is 1.37. The summed E-state index contributed by atoms with van der Waals surface area (Å²) in [7, 11) is 0. The van der Waals surface area contributed by atoms with Crippen LogP contribution in [-0.4, -0.2) is 10.7 Å². The molecule has 14 heavy (non-hydrogen) atoms. The molecule has 1 N–H and O–H groups in total. The van der Waals surface area contributed by atoms with E-state index in [2.05, 4.69) is 12.1 Å². The van der Waals surface area contributed by atoms with E-state index in [9.17, 15) is 5.11 Å². The van der Waals surface area contributed by atoms with Crippen LogP contribution in [0.25, 0.3) is 0 Å². The summed E-state index contributed by atoms with van der Waals surface area (Å²) in [5, 5.41) is 19.1. The molecule has 0 aliphatic heterocycles. The SMILES string of the molecule is N#C[C@@H]1C[C@@]2(O)Cc3ccccc3[C@@H]12. The summed E-state index contributed by atoms with van der Waals surface area (Å²) in [5.74, 6) is 0.0901. The van der Waals surface area contributed by atoms with Crippen LogP contribution in [0.1, 0.15) is 23.5 Å². The standard InChI is InChI=1S/C12H11NO/c13-7-9-6-12(14)5-8-3-1-2-4-10(8)11(9)12/h1-4,9,11,14H,5-6H2/t9-,11+,12-/m0/s1. The van der Waals surface area contributed by atoms with Crippen molar-refractivity contribution in [1.29, 1.82) is 5.26 Å². The van der Waals surface area contributed by atoms with Gasteiger partial charge < -0.3 is 5.11 Å². The fraction of sp³-hybridized carbons (Fsp3) is 0.417. The van der Waals surface area contributed by atoms with Crippen LogP contribution in [0.15, 0.2) is 24.3 Å². The minimum absolute atomic E-state index is 0.0173. The number of rotatable bonds is 0. The zero-order valence-corrected chi connectivity index (χ0v) is 7.77. The van der Waals surface area contributed by atoms with Crippen molar-refractivity contribution in [3.63, 3.8) is 0 Å². The minimum Gasteiger partial charge on any atom is -0.389 e. The Hall–Kier alpha value is -1.33. The Morgan fingerprint density at radius 3 is 3.00 bits per heavy atom. The van der Waals surface area contributed by atoms with Crippen LogP contribution in [0.2, 0.25) is 0 Å². The zero-order valence-electron chi connectivity index (χ0n) is 7.77. The Labute approximate surface area is 82.8 Å². The molecule has 2 aliphatic rings. The normalized spacial score (nSPS) is 38.0. The molecule has 0 amide bonds. The second-order valence-corrected chi connectivity index (χ2v) is 4.40. The molecule has 1 saturated carbocycles. The first-order chi connectivity index (χ1) is 6.74. The van der Waals surface area contributed by atoms with Gasteiger partial charge in [0.15, 0.2) is 0 Å². The van der Waals surface area contributed by atoms with Crippen LogP contribution in [-0.2, 0) is 6.42 Å². The van der Waals surface area contributed by atoms with E-state index in [1.165, 1.54) is 11.1 Å². The van der Waals surface area contributed by atoms with Gasteiger partial charge in [0.2, 0.25) is 0 Å². The molecule has 0 saturated heterocycles. The van der Waals surface area contributed by atoms with E-state index in [4.69, 9.17) is 5.26 Å². The highest BCUT2D eigenvalue weighted by Crippen LogP contribution is 2.57. The maximum absolute atomic E-state index is 10.2. The Morgan fingerprint density at radius 1 is 1.43 bits per heavy atom. The third-order valence-electron chi connectivity index (χ3n) is 3.61. The average molecular weight is 185 g/mol. The van der Waals surface area contributed by atoms with Gasteiger partial charge in [-0.15, -0.1) is 0 Å². The molecule has 0 spiro atoms. The lowest BCUT2D eigenvalue weighted by Gasteiger charge is -2.44. The van der Waals surface area contributed by atoms with Gasteiger partial charge in [-0.1, -0.05) is 24.3 Å². The molecule has 1 aromatic carbocycles. The minimum atomic E-state index is -0.607. The van der Waals surface area contributed by atoms with Gasteiger partial charge in [-0.3, -0.25) is 0 Å². The number of fused-ring (bicyclic) bond motifs is 3. The quantitative estimate of drug-likeness (QED) is 0.667. The van der Waals surface area contributed by atoms with Crippen molar-refractivity contribution in [1.82, 2.24) is 0 Å². The van der Waals surface area contributed by atoms with Gasteiger partial charge >= 0.3 is 0 Å². The summed E-state index contributed by atoms with van der Waals surface area (Å²) in [6, 6.07) is 10.4. The van der Waals surface area contributed by atoms with Gasteiger partial charge in [0, 0.05) is 12.3 Å². The van der Waals surface area contributed by atoms with Crippen molar-refractivity contribution in [2.45, 2.75) is 24.4 Å². The van der Waals surface area contributed by atoms with Crippen molar-refractivity contribution in [2.75, 3.05) is 0 Å². The topological polar surface area (TPSA) is 44.0 Å². The second-order valence-electron chi connectivity index (χ2n) is 4.40. The van der Waals surface area contributed by atoms with Gasteiger partial charge in [-0.05, 0) is 17.5 Å². The van der Waals surface area contributed by atoms with E-state index in [0.717, 1.165) is 6.42 Å². The third-order valence-corrected chi connectivity index (χ3v) is 3.61. The monoisotopic (exact) mass is 185 g/mol. The molecule has 0 bridgehead atoms. The predicted octanol–water partition coefficient (Wildman–Crippen LogP) is 1.60. The van der Waals surface area contributed by atoms with Crippen LogP contribution >= 0.6 is 0 Å². The van der Waals surface area contributed by atoms with Crippen molar-refractivity contribution in [3.05, 3.63) is 35.4 Å². The predicted molar refractivity (Wildman–Crippen MR) is 51.6 cm³/mol. The first kappa shape index (κ1) is 8.02. The molecule has 1 aromatic rings. The van der Waals surface area contributed by atoms with E-state index in [-0.39, 0.29) is 11.8 Å². The lowest BCUT2D eigenvalue weighted by Crippen LogP contribution is -2.49. The van der Waals surface area contributed by atoms with Crippen LogP contribution in [0.4, 0.5) is 0 Å². The molecule has 2 nitrogen and oxygen atoms in total. The Bertz CT molecular complexity index is 434. The van der Waals surface area contributed by atoms with Crippen molar-refractivity contribution in [3.8, 4) is 6.07 Å². The fourth-order valence-electron chi connectivity index (χ4n) is 2.98. The number of aliphatic hydroxyl groups is 1. The van der Waals surface area contributed by atoms with Crippen LogP contribution in [0.5, 0.6) is 0 Å². The van der Waals surface area contributed by atoms with Crippen molar-refractivity contribution < 1.29 is 5.11 Å². The van der Waals surface area contributed by atoms with Crippen molar-refractivity contribution in [2.24, 2.45) is 5.92 Å². The van der Waals surface area contributed by atoms with Gasteiger partial charge in [-0.25, -0.2) is 0 Å². The van der Waals surface area contributed by atoms with Crippen molar-refractivity contribution >= 4 is 0 Å². The number of hydrogen-bond donors (Lipinski definition) is 1. The lowest BCUT2D eigenvalue weighted by molar-refractivity contribution is -0.0700. The van der Waals surface area contributed by atoms with Crippen LogP contribution in [0, 0.1) is 17.2 Å². The molecule has 0 radical (unpaired) electrons. The molecule has 3 atom stereocenters. The van der Waals surface area contributed by atoms with Gasteiger partial charge in [0.1, 0.15) is 0 Å². The molecular formula is C12H11NO. The summed E-state index contributed by atoms with van der Waals surface area (Å²) in [6.45, 7) is 0. The Kier molecular flexibility index (Phi) is 1.36. The molecule has 2 aliphatic carbocycles. The molecule has 2 heteroatoms. The first-order valence-corrected chi connectivity index (χ1v) is 4.94. The van der Waals surface area contributed by atoms with Crippen LogP contribution < -0.4 is 0 Å². The fourth-order valence-corrected chi connectivity index (χ4v) is 2.98. The molecule has 0 aromatic heterocycles.